The van der Waals surface area contributed by atoms with Crippen LogP contribution in [0.25, 0.3) is 33.1 Å². The fourth-order valence-corrected chi connectivity index (χ4v) is 11.0. The number of methoxy groups -OCH3 is 1. The Kier molecular flexibility index (Phi) is 13.2. The average molecular weight is 843 g/mol. The molecule has 5 aromatic rings. The number of nitrogens with zero attached hydrogens (tertiary/aromatic N) is 5. The minimum absolute atomic E-state index is 0.0171. The fraction of sp³-hybridized carbons (Fsp3) is 0.578. The second-order valence-corrected chi connectivity index (χ2v) is 33.2. The van der Waals surface area contributed by atoms with Gasteiger partial charge in [0.2, 0.25) is 5.95 Å². The molecule has 6 rings (SSSR count). The second kappa shape index (κ2) is 17.3. The minimum atomic E-state index is -1.88. The fourth-order valence-electron chi connectivity index (χ4n) is 7.76. The highest BCUT2D eigenvalue weighted by Gasteiger charge is 2.40. The average Bonchev–Trinajstić information content (AvgIpc) is 3.67. The number of imidazole rings is 1. The Hall–Kier alpha value is -3.34. The Labute approximate surface area is 351 Å². The van der Waals surface area contributed by atoms with Gasteiger partial charge < -0.3 is 28.2 Å². The highest BCUT2D eigenvalue weighted by Crippen LogP contribution is 2.44. The molecule has 0 spiro atoms. The summed E-state index contributed by atoms with van der Waals surface area (Å²) in [6.07, 6.45) is 7.95. The number of hydrogen-bond donors (Lipinski definition) is 1. The first-order valence-corrected chi connectivity index (χ1v) is 30.7. The van der Waals surface area contributed by atoms with Crippen molar-refractivity contribution in [2.45, 2.75) is 149 Å². The van der Waals surface area contributed by atoms with E-state index in [0.717, 1.165) is 82.3 Å². The van der Waals surface area contributed by atoms with E-state index in [-0.39, 0.29) is 28.7 Å². The molecule has 0 radical (unpaired) electrons. The first kappa shape index (κ1) is 44.2. The number of rotatable bonds is 15. The van der Waals surface area contributed by atoms with Crippen LogP contribution in [-0.2, 0) is 20.3 Å². The summed E-state index contributed by atoms with van der Waals surface area (Å²) in [5.41, 5.74) is 6.10. The van der Waals surface area contributed by atoms with Gasteiger partial charge in [-0.05, 0) is 110 Å². The molecule has 0 saturated heterocycles. The van der Waals surface area contributed by atoms with E-state index in [4.69, 9.17) is 28.4 Å². The summed E-state index contributed by atoms with van der Waals surface area (Å²) in [4.78, 5) is 9.83. The number of anilines is 2. The van der Waals surface area contributed by atoms with Crippen LogP contribution in [0.3, 0.4) is 0 Å². The smallest absolute Gasteiger partial charge is 0.209 e. The number of hydrogen-bond acceptors (Lipinski definition) is 8. The van der Waals surface area contributed by atoms with Gasteiger partial charge in [-0.2, -0.15) is 5.10 Å². The normalized spacial score (nSPS) is 17.7. The lowest BCUT2D eigenvalue weighted by molar-refractivity contribution is 0.0819. The molecular formula is C45H70N6O4Si3. The van der Waals surface area contributed by atoms with Crippen molar-refractivity contribution in [1.29, 1.82) is 0 Å². The summed E-state index contributed by atoms with van der Waals surface area (Å²) < 4.78 is 30.1. The van der Waals surface area contributed by atoms with Gasteiger partial charge in [0.05, 0.1) is 29.8 Å². The lowest BCUT2D eigenvalue weighted by Crippen LogP contribution is -2.44. The van der Waals surface area contributed by atoms with E-state index in [1.165, 1.54) is 5.56 Å². The SMILES string of the molecule is COc1ccncc1-c1ccc2c(c1)c(Nc1nc3cc(C(O[SiH](C)C)C(C)(C)C)ccc3n1C1CCC(O[Si](C)(C)C(C)(C)C)CC1)nn2COCC[Si](C)(C)C. The van der Waals surface area contributed by atoms with Gasteiger partial charge in [0.1, 0.15) is 12.5 Å². The molecule has 1 aliphatic rings. The summed E-state index contributed by atoms with van der Waals surface area (Å²) in [6, 6.07) is 16.4. The van der Waals surface area contributed by atoms with Crippen LogP contribution < -0.4 is 10.1 Å². The first-order chi connectivity index (χ1) is 27.1. The monoisotopic (exact) mass is 842 g/mol. The van der Waals surface area contributed by atoms with Crippen molar-refractivity contribution in [3.05, 3.63) is 60.4 Å². The summed E-state index contributed by atoms with van der Waals surface area (Å²) in [7, 11) is -2.76. The van der Waals surface area contributed by atoms with Gasteiger partial charge in [-0.3, -0.25) is 4.98 Å². The van der Waals surface area contributed by atoms with Gasteiger partial charge >= 0.3 is 0 Å². The summed E-state index contributed by atoms with van der Waals surface area (Å²) >= 11 is 0. The van der Waals surface area contributed by atoms with Crippen LogP contribution in [0.1, 0.15) is 84.9 Å². The molecule has 2 aromatic carbocycles. The third-order valence-electron chi connectivity index (χ3n) is 12.0. The largest absolute Gasteiger partial charge is 0.496 e. The lowest BCUT2D eigenvalue weighted by atomic mass is 9.85. The number of pyridine rings is 1. The van der Waals surface area contributed by atoms with E-state index in [2.05, 4.69) is 139 Å². The van der Waals surface area contributed by atoms with Crippen LogP contribution in [0.5, 0.6) is 5.75 Å². The van der Waals surface area contributed by atoms with E-state index in [1.807, 2.05) is 16.9 Å². The van der Waals surface area contributed by atoms with Gasteiger partial charge in [0, 0.05) is 50.2 Å². The zero-order valence-electron chi connectivity index (χ0n) is 37.8. The Morgan fingerprint density at radius 2 is 1.62 bits per heavy atom. The highest BCUT2D eigenvalue weighted by molar-refractivity contribution is 6.76. The van der Waals surface area contributed by atoms with Crippen LogP contribution in [0.2, 0.25) is 56.9 Å². The van der Waals surface area contributed by atoms with Gasteiger partial charge in [0.25, 0.3) is 0 Å². The zero-order chi connectivity index (χ0) is 42.2. The molecule has 1 atom stereocenters. The molecule has 0 aliphatic heterocycles. The summed E-state index contributed by atoms with van der Waals surface area (Å²) in [5.74, 6) is 2.30. The summed E-state index contributed by atoms with van der Waals surface area (Å²) in [6.45, 7) is 31.2. The molecule has 1 fully saturated rings. The number of aromatic nitrogens is 5. The number of nitrogens with one attached hydrogen (secondary N) is 1. The Bertz CT molecular complexity index is 2170. The maximum absolute atomic E-state index is 6.95. The van der Waals surface area contributed by atoms with Crippen molar-refractivity contribution < 1.29 is 18.3 Å². The molecule has 0 amide bonds. The van der Waals surface area contributed by atoms with E-state index >= 15 is 0 Å². The molecule has 58 heavy (non-hydrogen) atoms. The number of benzene rings is 2. The van der Waals surface area contributed by atoms with E-state index in [1.54, 1.807) is 13.3 Å². The molecule has 1 saturated carbocycles. The minimum Gasteiger partial charge on any atom is -0.496 e. The van der Waals surface area contributed by atoms with Gasteiger partial charge in [-0.1, -0.05) is 73.3 Å². The van der Waals surface area contributed by atoms with Gasteiger partial charge in [-0.15, -0.1) is 0 Å². The predicted molar refractivity (Wildman–Crippen MR) is 248 cm³/mol. The van der Waals surface area contributed by atoms with E-state index in [9.17, 15) is 0 Å². The van der Waals surface area contributed by atoms with E-state index in [0.29, 0.717) is 13.3 Å². The van der Waals surface area contributed by atoms with Gasteiger partial charge in [-0.25, -0.2) is 9.67 Å². The van der Waals surface area contributed by atoms with Crippen LogP contribution in [0.15, 0.2) is 54.9 Å². The zero-order valence-corrected chi connectivity index (χ0v) is 41.0. The standard InChI is InChI=1S/C45H70N6O4Si3/c1-44(2,3)41(54-56(8)9)32-16-22-39-37(28-32)47-43(51(39)33-17-19-34(20-18-33)55-58(13,14)45(4,5)6)48-42-35-27-31(36-29-46-24-23-40(36)52-7)15-21-38(35)50(49-42)30-53-25-26-57(10,11)12/h15-16,21-24,27-29,33-34,41,56H,17-20,25-26,30H2,1-14H3,(H,47,48,49). The molecule has 3 aromatic heterocycles. The third kappa shape index (κ3) is 10.2. The third-order valence-corrected chi connectivity index (χ3v) is 19.0. The number of ether oxygens (including phenoxy) is 2. The Morgan fingerprint density at radius 3 is 2.26 bits per heavy atom. The van der Waals surface area contributed by atoms with Crippen LogP contribution >= 0.6 is 0 Å². The topological polar surface area (TPSA) is 97.5 Å². The van der Waals surface area contributed by atoms with Crippen molar-refractivity contribution in [3.8, 4) is 16.9 Å². The molecule has 1 aliphatic carbocycles. The molecular weight excluding hydrogens is 773 g/mol. The molecule has 10 nitrogen and oxygen atoms in total. The van der Waals surface area contributed by atoms with Crippen LogP contribution in [0.4, 0.5) is 11.8 Å². The van der Waals surface area contributed by atoms with Crippen molar-refractivity contribution in [2.24, 2.45) is 5.41 Å². The maximum atomic E-state index is 6.95. The quantitative estimate of drug-likeness (QED) is 0.0822. The maximum Gasteiger partial charge on any atom is 0.209 e. The van der Waals surface area contributed by atoms with Crippen molar-refractivity contribution in [2.75, 3.05) is 19.0 Å². The predicted octanol–water partition coefficient (Wildman–Crippen LogP) is 12.1. The Balaban J connectivity index is 1.43. The van der Waals surface area contributed by atoms with Crippen molar-refractivity contribution in [1.82, 2.24) is 24.3 Å². The summed E-state index contributed by atoms with van der Waals surface area (Å²) in [5, 5.41) is 10.2. The van der Waals surface area contributed by atoms with Gasteiger partial charge in [0.15, 0.2) is 23.2 Å². The van der Waals surface area contributed by atoms with Crippen LogP contribution in [0, 0.1) is 5.41 Å². The lowest BCUT2D eigenvalue weighted by Gasteiger charge is -2.41. The molecule has 1 unspecified atom stereocenters. The van der Waals surface area contributed by atoms with E-state index < -0.39 is 25.4 Å². The molecule has 316 valence electrons. The molecule has 1 N–H and O–H groups in total. The molecule has 0 bridgehead atoms. The number of fused-ring (bicyclic) bond motifs is 2. The Morgan fingerprint density at radius 1 is 0.914 bits per heavy atom. The molecule has 13 heteroatoms. The second-order valence-electron chi connectivity index (χ2n) is 20.4. The molecule has 3 heterocycles. The highest BCUT2D eigenvalue weighted by atomic mass is 28.4. The van der Waals surface area contributed by atoms with Crippen LogP contribution in [-0.4, -0.2) is 69.6 Å². The van der Waals surface area contributed by atoms with Crippen molar-refractivity contribution >= 4 is 59.1 Å². The first-order valence-electron chi connectivity index (χ1n) is 21.3. The van der Waals surface area contributed by atoms with Crippen molar-refractivity contribution in [3.63, 3.8) is 0 Å².